The van der Waals surface area contributed by atoms with Gasteiger partial charge in [0.2, 0.25) is 0 Å². The molecular formula is C31H36Cl4N6O4. The molecule has 0 radical (unpaired) electrons. The van der Waals surface area contributed by atoms with E-state index in [0.29, 0.717) is 59.2 Å². The first-order valence-electron chi connectivity index (χ1n) is 14.9. The molecule has 2 aromatic heterocycles. The van der Waals surface area contributed by atoms with Crippen LogP contribution in [0.15, 0.2) is 61.7 Å². The first kappa shape index (κ1) is 34.1. The maximum Gasteiger partial charge on any atom is 0.198 e. The Morgan fingerprint density at radius 1 is 0.733 bits per heavy atom. The summed E-state index contributed by atoms with van der Waals surface area (Å²) in [6.07, 6.45) is 10.6. The lowest BCUT2D eigenvalue weighted by molar-refractivity contribution is -0.184. The van der Waals surface area contributed by atoms with Crippen molar-refractivity contribution in [3.63, 3.8) is 0 Å². The molecule has 4 aromatic rings. The SMILES string of the molecule is CCC1COC(CCn2cncn2)(c2ccc(Cl)cc2Cl)O1.CCCC1COC(CCn2cncn2)(c2ccc(Cl)cc2Cl)O1. The molecule has 242 valence electrons. The molecule has 4 unspecified atom stereocenters. The third kappa shape index (κ3) is 8.36. The molecule has 0 spiro atoms. The minimum absolute atomic E-state index is 0.0579. The second-order valence-electron chi connectivity index (χ2n) is 10.9. The number of rotatable bonds is 11. The standard InChI is InChI=1S/C16H19Cl2N3O2.C15H17Cl2N3O2/c1-2-3-13-9-22-16(23-13,6-7-21-11-19-10-20-21)14-5-4-12(17)8-15(14)18;1-2-12-8-21-15(22-12,5-6-20-10-18-9-19-20)13-4-3-11(16)7-14(13)17/h4-5,8,10-11,13H,2-3,6-7,9H2,1H3;3-4,7,9-10,12H,2,5-6,8H2,1H3. The first-order chi connectivity index (χ1) is 21.8. The van der Waals surface area contributed by atoms with E-state index in [1.807, 2.05) is 12.1 Å². The van der Waals surface area contributed by atoms with E-state index in [-0.39, 0.29) is 12.2 Å². The van der Waals surface area contributed by atoms with E-state index in [1.54, 1.807) is 46.3 Å². The fourth-order valence-corrected chi connectivity index (χ4v) is 6.53. The van der Waals surface area contributed by atoms with Crippen LogP contribution < -0.4 is 0 Å². The Bertz CT molecular complexity index is 1510. The molecule has 2 aromatic carbocycles. The maximum absolute atomic E-state index is 6.41. The zero-order valence-corrected chi connectivity index (χ0v) is 28.1. The van der Waals surface area contributed by atoms with E-state index >= 15 is 0 Å². The predicted molar refractivity (Wildman–Crippen MR) is 172 cm³/mol. The highest BCUT2D eigenvalue weighted by Crippen LogP contribution is 2.44. The summed E-state index contributed by atoms with van der Waals surface area (Å²) in [7, 11) is 0. The third-order valence-corrected chi connectivity index (χ3v) is 8.84. The van der Waals surface area contributed by atoms with Crippen molar-refractivity contribution in [1.82, 2.24) is 29.5 Å². The van der Waals surface area contributed by atoms with Crippen molar-refractivity contribution in [3.8, 4) is 0 Å². The van der Waals surface area contributed by atoms with E-state index < -0.39 is 11.6 Å². The van der Waals surface area contributed by atoms with Gasteiger partial charge in [0.1, 0.15) is 25.3 Å². The van der Waals surface area contributed by atoms with Crippen LogP contribution in [0.4, 0.5) is 0 Å². The molecule has 0 saturated carbocycles. The van der Waals surface area contributed by atoms with Gasteiger partial charge in [-0.3, -0.25) is 9.36 Å². The van der Waals surface area contributed by atoms with Crippen molar-refractivity contribution in [2.45, 2.75) is 82.8 Å². The number of nitrogens with zero attached hydrogens (tertiary/aromatic N) is 6. The van der Waals surface area contributed by atoms with Gasteiger partial charge in [-0.25, -0.2) is 9.97 Å². The lowest BCUT2D eigenvalue weighted by Gasteiger charge is -2.29. The highest BCUT2D eigenvalue weighted by atomic mass is 35.5. The van der Waals surface area contributed by atoms with Crippen molar-refractivity contribution < 1.29 is 18.9 Å². The zero-order chi connectivity index (χ0) is 31.9. The van der Waals surface area contributed by atoms with Crippen molar-refractivity contribution in [2.75, 3.05) is 13.2 Å². The van der Waals surface area contributed by atoms with Crippen molar-refractivity contribution >= 4 is 46.4 Å². The third-order valence-electron chi connectivity index (χ3n) is 7.74. The Hall–Kier alpha value is -2.28. The molecule has 2 aliphatic heterocycles. The van der Waals surface area contributed by atoms with Crippen LogP contribution in [0.2, 0.25) is 20.1 Å². The van der Waals surface area contributed by atoms with E-state index in [9.17, 15) is 0 Å². The topological polar surface area (TPSA) is 98.3 Å². The molecule has 2 fully saturated rings. The van der Waals surface area contributed by atoms with Gasteiger partial charge in [0.15, 0.2) is 11.6 Å². The Morgan fingerprint density at radius 2 is 1.22 bits per heavy atom. The molecule has 45 heavy (non-hydrogen) atoms. The molecule has 2 saturated heterocycles. The van der Waals surface area contributed by atoms with Crippen LogP contribution in [0.3, 0.4) is 0 Å². The van der Waals surface area contributed by atoms with Crippen LogP contribution in [0.25, 0.3) is 0 Å². The quantitative estimate of drug-likeness (QED) is 0.157. The van der Waals surface area contributed by atoms with Gasteiger partial charge >= 0.3 is 0 Å². The summed E-state index contributed by atoms with van der Waals surface area (Å²) >= 11 is 24.8. The maximum atomic E-state index is 6.41. The molecule has 0 N–H and O–H groups in total. The number of aryl methyl sites for hydroxylation is 2. The van der Waals surface area contributed by atoms with Gasteiger partial charge in [-0.05, 0) is 37.1 Å². The van der Waals surface area contributed by atoms with Gasteiger partial charge in [-0.2, -0.15) is 10.2 Å². The largest absolute Gasteiger partial charge is 0.343 e. The summed E-state index contributed by atoms with van der Waals surface area (Å²) < 4.78 is 28.1. The van der Waals surface area contributed by atoms with Crippen molar-refractivity contribution in [2.24, 2.45) is 0 Å². The second kappa shape index (κ2) is 15.5. The van der Waals surface area contributed by atoms with E-state index in [2.05, 4.69) is 34.0 Å². The monoisotopic (exact) mass is 696 g/mol. The number of aromatic nitrogens is 6. The summed E-state index contributed by atoms with van der Waals surface area (Å²) in [5.74, 6) is -1.73. The minimum atomic E-state index is -0.868. The molecule has 14 heteroatoms. The minimum Gasteiger partial charge on any atom is -0.343 e. The highest BCUT2D eigenvalue weighted by molar-refractivity contribution is 6.35. The molecule has 0 bridgehead atoms. The lowest BCUT2D eigenvalue weighted by atomic mass is 10.0. The molecule has 0 aliphatic carbocycles. The highest BCUT2D eigenvalue weighted by Gasteiger charge is 2.45. The van der Waals surface area contributed by atoms with E-state index in [4.69, 9.17) is 65.4 Å². The summed E-state index contributed by atoms with van der Waals surface area (Å²) in [5, 5.41) is 10.5. The van der Waals surface area contributed by atoms with E-state index in [1.165, 1.54) is 12.7 Å². The van der Waals surface area contributed by atoms with Gasteiger partial charge in [-0.15, -0.1) is 0 Å². The Balaban J connectivity index is 0.000000178. The number of benzene rings is 2. The van der Waals surface area contributed by atoms with Crippen LogP contribution >= 0.6 is 46.4 Å². The average Bonchev–Trinajstić information content (AvgIpc) is 3.84. The molecule has 6 rings (SSSR count). The van der Waals surface area contributed by atoms with Crippen LogP contribution in [-0.2, 0) is 43.6 Å². The smallest absolute Gasteiger partial charge is 0.198 e. The molecular weight excluding hydrogens is 662 g/mol. The zero-order valence-electron chi connectivity index (χ0n) is 25.1. The van der Waals surface area contributed by atoms with Gasteiger partial charge in [0.05, 0.1) is 35.5 Å². The van der Waals surface area contributed by atoms with Gasteiger partial charge in [0, 0.05) is 47.1 Å². The fourth-order valence-electron chi connectivity index (χ4n) is 5.43. The fraction of sp³-hybridized carbons (Fsp3) is 0.484. The molecule has 10 nitrogen and oxygen atoms in total. The van der Waals surface area contributed by atoms with E-state index in [0.717, 1.165) is 30.4 Å². The number of hydrogen-bond donors (Lipinski definition) is 0. The Kier molecular flexibility index (Phi) is 11.8. The summed E-state index contributed by atoms with van der Waals surface area (Å²) in [5.41, 5.74) is 1.61. The van der Waals surface area contributed by atoms with Crippen LogP contribution in [0.5, 0.6) is 0 Å². The Morgan fingerprint density at radius 3 is 1.62 bits per heavy atom. The Labute approximate surface area is 282 Å². The van der Waals surface area contributed by atoms with Gasteiger partial charge in [-0.1, -0.05) is 78.8 Å². The van der Waals surface area contributed by atoms with Crippen molar-refractivity contribution in [1.29, 1.82) is 0 Å². The number of ether oxygens (including phenoxy) is 4. The second-order valence-corrected chi connectivity index (χ2v) is 12.6. The van der Waals surface area contributed by atoms with Crippen LogP contribution in [0.1, 0.15) is 57.1 Å². The van der Waals surface area contributed by atoms with Crippen LogP contribution in [0, 0.1) is 0 Å². The molecule has 4 atom stereocenters. The van der Waals surface area contributed by atoms with Crippen LogP contribution in [-0.4, -0.2) is 55.0 Å². The van der Waals surface area contributed by atoms with Crippen molar-refractivity contribution in [3.05, 3.63) is 92.9 Å². The van der Waals surface area contributed by atoms with Gasteiger partial charge < -0.3 is 18.9 Å². The summed E-state index contributed by atoms with van der Waals surface area (Å²) in [6.45, 7) is 6.56. The average molecular weight is 698 g/mol. The summed E-state index contributed by atoms with van der Waals surface area (Å²) in [6, 6.07) is 10.8. The summed E-state index contributed by atoms with van der Waals surface area (Å²) in [4.78, 5) is 7.91. The normalized spacial score (nSPS) is 24.5. The molecule has 0 amide bonds. The molecule has 4 heterocycles. The predicted octanol–water partition coefficient (Wildman–Crippen LogP) is 7.70. The molecule has 2 aliphatic rings. The number of halogens is 4. The van der Waals surface area contributed by atoms with Gasteiger partial charge in [0.25, 0.3) is 0 Å². The number of hydrogen-bond acceptors (Lipinski definition) is 8. The first-order valence-corrected chi connectivity index (χ1v) is 16.5. The lowest BCUT2D eigenvalue weighted by Crippen LogP contribution is -2.30.